The van der Waals surface area contributed by atoms with Crippen molar-refractivity contribution in [3.8, 4) is 11.6 Å². The lowest BCUT2D eigenvalue weighted by Crippen LogP contribution is -2.41. The number of likely N-dealkylation sites (N-methyl/N-ethyl adjacent to an activating group) is 1. The van der Waals surface area contributed by atoms with E-state index in [2.05, 4.69) is 10.1 Å². The Morgan fingerprint density at radius 2 is 2.00 bits per heavy atom. The van der Waals surface area contributed by atoms with Crippen LogP contribution in [-0.4, -0.2) is 38.7 Å². The van der Waals surface area contributed by atoms with Gasteiger partial charge in [-0.15, -0.1) is 5.10 Å². The first-order valence-electron chi connectivity index (χ1n) is 9.31. The van der Waals surface area contributed by atoms with Crippen LogP contribution in [-0.2, 0) is 11.3 Å². The average Bonchev–Trinajstić information content (AvgIpc) is 3.07. The molecule has 0 saturated heterocycles. The molecule has 0 bridgehead atoms. The predicted molar refractivity (Wildman–Crippen MR) is 101 cm³/mol. The summed E-state index contributed by atoms with van der Waals surface area (Å²) in [5, 5.41) is 6.05. The first kappa shape index (κ1) is 17.5. The van der Waals surface area contributed by atoms with Crippen LogP contribution in [0.5, 0.6) is 0 Å². The van der Waals surface area contributed by atoms with Gasteiger partial charge in [-0.05, 0) is 24.3 Å². The zero-order valence-corrected chi connectivity index (χ0v) is 15.3. The van der Waals surface area contributed by atoms with Gasteiger partial charge < -0.3 is 9.32 Å². The number of amides is 1. The van der Waals surface area contributed by atoms with E-state index in [1.54, 1.807) is 18.1 Å². The third kappa shape index (κ3) is 3.49. The number of pyridine rings is 1. The van der Waals surface area contributed by atoms with Gasteiger partial charge >= 0.3 is 5.76 Å². The lowest BCUT2D eigenvalue weighted by atomic mass is 9.94. The van der Waals surface area contributed by atoms with Crippen molar-refractivity contribution in [1.82, 2.24) is 19.7 Å². The van der Waals surface area contributed by atoms with Gasteiger partial charge in [0.05, 0.1) is 0 Å². The van der Waals surface area contributed by atoms with Gasteiger partial charge in [-0.2, -0.15) is 4.68 Å². The molecule has 4 rings (SSSR count). The summed E-state index contributed by atoms with van der Waals surface area (Å²) in [6.45, 7) is -0.125. The van der Waals surface area contributed by atoms with E-state index in [9.17, 15) is 9.59 Å². The third-order valence-corrected chi connectivity index (χ3v) is 5.28. The number of carbonyl (C=O) groups excluding carboxylic acids is 1. The average molecular weight is 366 g/mol. The lowest BCUT2D eigenvalue weighted by molar-refractivity contribution is -0.133. The molecule has 0 atom stereocenters. The molecule has 1 amide bonds. The largest absolute Gasteiger partial charge is 0.437 e. The Bertz CT molecular complexity index is 1010. The predicted octanol–water partition coefficient (Wildman–Crippen LogP) is 2.84. The van der Waals surface area contributed by atoms with Crippen molar-refractivity contribution in [2.24, 2.45) is 0 Å². The third-order valence-electron chi connectivity index (χ3n) is 5.28. The van der Waals surface area contributed by atoms with Crippen molar-refractivity contribution in [2.75, 3.05) is 7.05 Å². The summed E-state index contributed by atoms with van der Waals surface area (Å²) >= 11 is 0. The smallest absolute Gasteiger partial charge is 0.386 e. The van der Waals surface area contributed by atoms with Crippen molar-refractivity contribution < 1.29 is 9.21 Å². The van der Waals surface area contributed by atoms with Crippen LogP contribution in [0.1, 0.15) is 32.1 Å². The molecule has 7 heteroatoms. The summed E-state index contributed by atoms with van der Waals surface area (Å²) < 4.78 is 6.38. The van der Waals surface area contributed by atoms with Gasteiger partial charge in [0.25, 0.3) is 5.89 Å². The van der Waals surface area contributed by atoms with E-state index in [1.165, 1.54) is 6.42 Å². The molecule has 1 aliphatic carbocycles. The molecular formula is C20H22N4O3. The minimum Gasteiger partial charge on any atom is -0.386 e. The summed E-state index contributed by atoms with van der Waals surface area (Å²) in [7, 11) is 1.80. The maximum atomic E-state index is 12.6. The Morgan fingerprint density at radius 3 is 2.81 bits per heavy atom. The quantitative estimate of drug-likeness (QED) is 0.709. The van der Waals surface area contributed by atoms with Crippen LogP contribution in [0.4, 0.5) is 0 Å². The highest BCUT2D eigenvalue weighted by Crippen LogP contribution is 2.24. The second kappa shape index (κ2) is 7.34. The molecule has 1 fully saturated rings. The second-order valence-corrected chi connectivity index (χ2v) is 7.01. The van der Waals surface area contributed by atoms with Crippen LogP contribution in [0.15, 0.2) is 45.7 Å². The van der Waals surface area contributed by atoms with E-state index in [4.69, 9.17) is 4.42 Å². The molecule has 2 aromatic heterocycles. The number of aromatic nitrogens is 3. The molecule has 3 aromatic rings. The minimum absolute atomic E-state index is 0.125. The lowest BCUT2D eigenvalue weighted by Gasteiger charge is -2.31. The van der Waals surface area contributed by atoms with Crippen LogP contribution in [0.3, 0.4) is 0 Å². The van der Waals surface area contributed by atoms with E-state index in [0.717, 1.165) is 41.1 Å². The van der Waals surface area contributed by atoms with Crippen molar-refractivity contribution in [3.63, 3.8) is 0 Å². The van der Waals surface area contributed by atoms with Crippen LogP contribution >= 0.6 is 0 Å². The number of carbonyl (C=O) groups is 1. The standard InChI is InChI=1S/C20H22N4O3/c1-23(15-8-3-2-4-9-15)17(25)13-24-20(26)27-19(22-24)18-16-10-6-5-7-14(16)11-12-21-18/h5-7,10-12,15H,2-4,8-9,13H2,1H3. The number of hydrogen-bond acceptors (Lipinski definition) is 5. The Labute approximate surface area is 156 Å². The van der Waals surface area contributed by atoms with Crippen molar-refractivity contribution in [3.05, 3.63) is 47.1 Å². The molecule has 1 saturated carbocycles. The van der Waals surface area contributed by atoms with Gasteiger partial charge in [-0.3, -0.25) is 9.78 Å². The number of benzene rings is 1. The first-order valence-corrected chi connectivity index (χ1v) is 9.31. The maximum Gasteiger partial charge on any atom is 0.437 e. The van der Waals surface area contributed by atoms with E-state index in [0.29, 0.717) is 5.69 Å². The molecule has 7 nitrogen and oxygen atoms in total. The van der Waals surface area contributed by atoms with Gasteiger partial charge in [-0.1, -0.05) is 43.5 Å². The molecule has 0 N–H and O–H groups in total. The molecule has 2 heterocycles. The Balaban J connectivity index is 1.58. The second-order valence-electron chi connectivity index (χ2n) is 7.01. The highest BCUT2D eigenvalue weighted by Gasteiger charge is 2.24. The number of rotatable bonds is 4. The van der Waals surface area contributed by atoms with Gasteiger partial charge in [0.1, 0.15) is 12.2 Å². The summed E-state index contributed by atoms with van der Waals surface area (Å²) in [6, 6.07) is 9.81. The molecule has 1 aromatic carbocycles. The van der Waals surface area contributed by atoms with E-state index >= 15 is 0 Å². The van der Waals surface area contributed by atoms with Gasteiger partial charge in [0.2, 0.25) is 5.91 Å². The number of fused-ring (bicyclic) bond motifs is 1. The van der Waals surface area contributed by atoms with Crippen LogP contribution in [0.2, 0.25) is 0 Å². The zero-order chi connectivity index (χ0) is 18.8. The molecule has 140 valence electrons. The van der Waals surface area contributed by atoms with Crippen LogP contribution in [0, 0.1) is 0 Å². The van der Waals surface area contributed by atoms with E-state index in [-0.39, 0.29) is 24.4 Å². The maximum absolute atomic E-state index is 12.6. The SMILES string of the molecule is CN(C(=O)Cn1nc(-c2nccc3ccccc23)oc1=O)C1CCCCC1. The van der Waals surface area contributed by atoms with Gasteiger partial charge in [0, 0.05) is 24.7 Å². The normalized spacial score (nSPS) is 15.1. The van der Waals surface area contributed by atoms with Crippen molar-refractivity contribution in [1.29, 1.82) is 0 Å². The highest BCUT2D eigenvalue weighted by molar-refractivity contribution is 5.92. The summed E-state index contributed by atoms with van der Waals surface area (Å²) in [5.41, 5.74) is 0.497. The molecule has 0 unspecified atom stereocenters. The molecule has 27 heavy (non-hydrogen) atoms. The topological polar surface area (TPSA) is 81.2 Å². The molecule has 0 aliphatic heterocycles. The fraction of sp³-hybridized carbons (Fsp3) is 0.400. The summed E-state index contributed by atoms with van der Waals surface area (Å²) in [5.74, 6) is -0.648. The number of hydrogen-bond donors (Lipinski definition) is 0. The van der Waals surface area contributed by atoms with Crippen molar-refractivity contribution >= 4 is 16.7 Å². The molecule has 0 radical (unpaired) electrons. The first-order chi connectivity index (χ1) is 13.1. The fourth-order valence-electron chi connectivity index (χ4n) is 3.70. The van der Waals surface area contributed by atoms with Crippen LogP contribution in [0.25, 0.3) is 22.4 Å². The number of nitrogens with zero attached hydrogens (tertiary/aromatic N) is 4. The molecular weight excluding hydrogens is 344 g/mol. The fourth-order valence-corrected chi connectivity index (χ4v) is 3.70. The molecule has 1 aliphatic rings. The molecule has 0 spiro atoms. The van der Waals surface area contributed by atoms with Crippen LogP contribution < -0.4 is 5.76 Å². The van der Waals surface area contributed by atoms with Gasteiger partial charge in [0.15, 0.2) is 0 Å². The van der Waals surface area contributed by atoms with Crippen molar-refractivity contribution in [2.45, 2.75) is 44.7 Å². The highest BCUT2D eigenvalue weighted by atomic mass is 16.4. The van der Waals surface area contributed by atoms with Gasteiger partial charge in [-0.25, -0.2) is 4.79 Å². The Hall–Kier alpha value is -2.96. The summed E-state index contributed by atoms with van der Waals surface area (Å²) in [4.78, 5) is 30.9. The zero-order valence-electron chi connectivity index (χ0n) is 15.3. The minimum atomic E-state index is -0.648. The Morgan fingerprint density at radius 1 is 1.22 bits per heavy atom. The Kier molecular flexibility index (Phi) is 4.75. The monoisotopic (exact) mass is 366 g/mol. The van der Waals surface area contributed by atoms with E-state index < -0.39 is 5.76 Å². The summed E-state index contributed by atoms with van der Waals surface area (Å²) in [6.07, 6.45) is 7.19. The van der Waals surface area contributed by atoms with E-state index in [1.807, 2.05) is 30.3 Å².